The smallest absolute Gasteiger partial charge is 0.254 e. The maximum Gasteiger partial charge on any atom is 0.254 e. The van der Waals surface area contributed by atoms with Gasteiger partial charge in [0.1, 0.15) is 5.82 Å². The van der Waals surface area contributed by atoms with E-state index in [-0.39, 0.29) is 17.5 Å². The van der Waals surface area contributed by atoms with E-state index in [2.05, 4.69) is 5.32 Å². The van der Waals surface area contributed by atoms with Crippen LogP contribution < -0.4 is 5.32 Å². The Morgan fingerprint density at radius 2 is 2.27 bits per heavy atom. The Morgan fingerprint density at radius 1 is 1.53 bits per heavy atom. The van der Waals surface area contributed by atoms with Crippen LogP contribution in [0.25, 0.3) is 0 Å². The van der Waals surface area contributed by atoms with Crippen LogP contribution >= 0.6 is 0 Å². The molecule has 0 spiro atoms. The maximum absolute atomic E-state index is 13.5. The van der Waals surface area contributed by atoms with Gasteiger partial charge in [-0.1, -0.05) is 12.1 Å². The summed E-state index contributed by atoms with van der Waals surface area (Å²) in [4.78, 5) is 11.6. The number of ether oxygens (including phenoxy) is 1. The molecule has 3 nitrogen and oxygen atoms in total. The first-order valence-corrected chi connectivity index (χ1v) is 4.82. The molecule has 1 N–H and O–H groups in total. The number of amides is 1. The highest BCUT2D eigenvalue weighted by atomic mass is 19.1. The molecule has 0 radical (unpaired) electrons. The molecule has 80 valence electrons. The van der Waals surface area contributed by atoms with Crippen molar-refractivity contribution < 1.29 is 13.9 Å². The van der Waals surface area contributed by atoms with Crippen LogP contribution in [0, 0.1) is 12.7 Å². The zero-order valence-electron chi connectivity index (χ0n) is 8.42. The average molecular weight is 209 g/mol. The quantitative estimate of drug-likeness (QED) is 0.796. The first-order chi connectivity index (χ1) is 7.18. The molecule has 1 aromatic rings. The zero-order valence-corrected chi connectivity index (χ0v) is 8.42. The van der Waals surface area contributed by atoms with Gasteiger partial charge in [-0.15, -0.1) is 0 Å². The molecule has 0 aliphatic carbocycles. The van der Waals surface area contributed by atoms with E-state index in [1.807, 2.05) is 0 Å². The largest absolute Gasteiger partial charge is 0.377 e. The predicted octanol–water partition coefficient (Wildman–Crippen LogP) is 1.26. The van der Waals surface area contributed by atoms with E-state index < -0.39 is 5.82 Å². The second-order valence-electron chi connectivity index (χ2n) is 3.64. The normalized spacial score (nSPS) is 15.9. The van der Waals surface area contributed by atoms with Gasteiger partial charge in [0.2, 0.25) is 0 Å². The molecule has 1 aliphatic heterocycles. The van der Waals surface area contributed by atoms with E-state index in [4.69, 9.17) is 4.74 Å². The lowest BCUT2D eigenvalue weighted by molar-refractivity contribution is -0.00353. The molecule has 1 aliphatic rings. The number of halogens is 1. The summed E-state index contributed by atoms with van der Waals surface area (Å²) in [5.41, 5.74) is 0.578. The zero-order chi connectivity index (χ0) is 10.8. The van der Waals surface area contributed by atoms with Gasteiger partial charge in [0, 0.05) is 0 Å². The molecule has 1 saturated heterocycles. The molecular weight excluding hydrogens is 197 g/mol. The Kier molecular flexibility index (Phi) is 2.68. The van der Waals surface area contributed by atoms with E-state index in [9.17, 15) is 9.18 Å². The summed E-state index contributed by atoms with van der Waals surface area (Å²) in [6, 6.07) is 4.82. The van der Waals surface area contributed by atoms with Gasteiger partial charge < -0.3 is 10.1 Å². The van der Waals surface area contributed by atoms with Crippen LogP contribution in [0.4, 0.5) is 4.39 Å². The van der Waals surface area contributed by atoms with Crippen molar-refractivity contribution in [3.8, 4) is 0 Å². The number of aryl methyl sites for hydroxylation is 1. The number of rotatable bonds is 2. The van der Waals surface area contributed by atoms with Gasteiger partial charge in [-0.05, 0) is 18.6 Å². The van der Waals surface area contributed by atoms with Crippen LogP contribution in [-0.4, -0.2) is 25.2 Å². The van der Waals surface area contributed by atoms with Crippen LogP contribution in [0.5, 0.6) is 0 Å². The Balaban J connectivity index is 2.13. The van der Waals surface area contributed by atoms with Crippen molar-refractivity contribution in [1.82, 2.24) is 5.32 Å². The Labute approximate surface area is 87.2 Å². The lowest BCUT2D eigenvalue weighted by atomic mass is 10.1. The van der Waals surface area contributed by atoms with Gasteiger partial charge in [0.05, 0.1) is 24.8 Å². The van der Waals surface area contributed by atoms with Crippen LogP contribution in [0.15, 0.2) is 18.2 Å². The number of carbonyl (C=O) groups is 1. The highest BCUT2D eigenvalue weighted by Gasteiger charge is 2.22. The topological polar surface area (TPSA) is 38.3 Å². The summed E-state index contributed by atoms with van der Waals surface area (Å²) in [5, 5.41) is 2.70. The van der Waals surface area contributed by atoms with E-state index in [0.29, 0.717) is 18.8 Å². The lowest BCUT2D eigenvalue weighted by Gasteiger charge is -2.26. The average Bonchev–Trinajstić information content (AvgIpc) is 2.15. The summed E-state index contributed by atoms with van der Waals surface area (Å²) in [6.07, 6.45) is 0. The van der Waals surface area contributed by atoms with Crippen molar-refractivity contribution in [2.75, 3.05) is 13.2 Å². The highest BCUT2D eigenvalue weighted by Crippen LogP contribution is 2.12. The second-order valence-corrected chi connectivity index (χ2v) is 3.64. The fourth-order valence-corrected chi connectivity index (χ4v) is 1.40. The molecule has 1 heterocycles. The van der Waals surface area contributed by atoms with Gasteiger partial charge in [0.15, 0.2) is 0 Å². The van der Waals surface area contributed by atoms with E-state index in [1.54, 1.807) is 19.1 Å². The van der Waals surface area contributed by atoms with Gasteiger partial charge >= 0.3 is 0 Å². The minimum atomic E-state index is -0.449. The van der Waals surface area contributed by atoms with Crippen molar-refractivity contribution in [2.24, 2.45) is 0 Å². The van der Waals surface area contributed by atoms with Crippen LogP contribution in [0.2, 0.25) is 0 Å². The fourth-order valence-electron chi connectivity index (χ4n) is 1.40. The second kappa shape index (κ2) is 3.98. The summed E-state index contributed by atoms with van der Waals surface area (Å²) in [7, 11) is 0. The molecule has 2 rings (SSSR count). The molecule has 1 aromatic carbocycles. The lowest BCUT2D eigenvalue weighted by Crippen LogP contribution is -2.48. The van der Waals surface area contributed by atoms with Gasteiger partial charge in [0.25, 0.3) is 5.91 Å². The van der Waals surface area contributed by atoms with Crippen LogP contribution in [0.1, 0.15) is 15.9 Å². The van der Waals surface area contributed by atoms with Crippen LogP contribution in [0.3, 0.4) is 0 Å². The third kappa shape index (κ3) is 1.99. The molecule has 15 heavy (non-hydrogen) atoms. The summed E-state index contributed by atoms with van der Waals surface area (Å²) in [5.74, 6) is -0.820. The highest BCUT2D eigenvalue weighted by molar-refractivity contribution is 5.94. The van der Waals surface area contributed by atoms with Gasteiger partial charge in [-0.2, -0.15) is 0 Å². The van der Waals surface area contributed by atoms with Crippen molar-refractivity contribution in [3.63, 3.8) is 0 Å². The van der Waals surface area contributed by atoms with Gasteiger partial charge in [-0.25, -0.2) is 4.39 Å². The Hall–Kier alpha value is -1.42. The number of hydrogen-bond donors (Lipinski definition) is 1. The molecule has 0 unspecified atom stereocenters. The molecule has 0 atom stereocenters. The Morgan fingerprint density at radius 3 is 2.87 bits per heavy atom. The van der Waals surface area contributed by atoms with Crippen LogP contribution in [-0.2, 0) is 4.74 Å². The first-order valence-electron chi connectivity index (χ1n) is 4.82. The first kappa shape index (κ1) is 10.1. The number of benzene rings is 1. The third-order valence-corrected chi connectivity index (χ3v) is 2.41. The summed E-state index contributed by atoms with van der Waals surface area (Å²) >= 11 is 0. The molecule has 4 heteroatoms. The van der Waals surface area contributed by atoms with E-state index in [0.717, 1.165) is 0 Å². The SMILES string of the molecule is Cc1cccc(C(=O)NC2COC2)c1F. The number of nitrogens with one attached hydrogen (secondary N) is 1. The standard InChI is InChI=1S/C11H12FNO2/c1-7-3-2-4-9(10(7)12)11(14)13-8-5-15-6-8/h2-4,8H,5-6H2,1H3,(H,13,14). The summed E-state index contributed by atoms with van der Waals surface area (Å²) in [6.45, 7) is 2.66. The molecule has 0 aromatic heterocycles. The number of carbonyl (C=O) groups excluding carboxylic acids is 1. The summed E-state index contributed by atoms with van der Waals surface area (Å²) < 4.78 is 18.4. The van der Waals surface area contributed by atoms with Crippen molar-refractivity contribution in [3.05, 3.63) is 35.1 Å². The van der Waals surface area contributed by atoms with Gasteiger partial charge in [-0.3, -0.25) is 4.79 Å². The van der Waals surface area contributed by atoms with E-state index in [1.165, 1.54) is 6.07 Å². The minimum Gasteiger partial charge on any atom is -0.377 e. The van der Waals surface area contributed by atoms with Crippen molar-refractivity contribution in [2.45, 2.75) is 13.0 Å². The number of hydrogen-bond acceptors (Lipinski definition) is 2. The Bertz CT molecular complexity index is 388. The molecule has 0 bridgehead atoms. The molecule has 1 amide bonds. The van der Waals surface area contributed by atoms with E-state index >= 15 is 0 Å². The third-order valence-electron chi connectivity index (χ3n) is 2.41. The maximum atomic E-state index is 13.5. The molecular formula is C11H12FNO2. The predicted molar refractivity (Wildman–Crippen MR) is 53.2 cm³/mol. The minimum absolute atomic E-state index is 0.0254. The van der Waals surface area contributed by atoms with Crippen molar-refractivity contribution >= 4 is 5.91 Å². The molecule has 1 fully saturated rings. The monoisotopic (exact) mass is 209 g/mol. The fraction of sp³-hybridized carbons (Fsp3) is 0.364. The van der Waals surface area contributed by atoms with Crippen molar-refractivity contribution in [1.29, 1.82) is 0 Å². The molecule has 0 saturated carbocycles.